The second kappa shape index (κ2) is 12.4. The Balaban J connectivity index is 1.60. The summed E-state index contributed by atoms with van der Waals surface area (Å²) in [6.45, 7) is 9.18. The van der Waals surface area contributed by atoms with Gasteiger partial charge in [-0.2, -0.15) is 0 Å². The summed E-state index contributed by atoms with van der Waals surface area (Å²) in [5.41, 5.74) is 4.18. The Morgan fingerprint density at radius 3 is 2.36 bits per heavy atom. The summed E-state index contributed by atoms with van der Waals surface area (Å²) in [5, 5.41) is 0. The van der Waals surface area contributed by atoms with Crippen molar-refractivity contribution >= 4 is 17.9 Å². The van der Waals surface area contributed by atoms with Gasteiger partial charge in [0.15, 0.2) is 0 Å². The first-order chi connectivity index (χ1) is 16.0. The number of carbonyl (C=O) groups is 2. The number of amides is 2. The molecule has 2 aromatic carbocycles. The highest BCUT2D eigenvalue weighted by Crippen LogP contribution is 2.22. The molecule has 0 bridgehead atoms. The van der Waals surface area contributed by atoms with Crippen molar-refractivity contribution < 1.29 is 9.59 Å². The highest BCUT2D eigenvalue weighted by Gasteiger charge is 2.27. The minimum absolute atomic E-state index is 0.129. The van der Waals surface area contributed by atoms with Gasteiger partial charge in [-0.3, -0.25) is 9.59 Å². The van der Waals surface area contributed by atoms with E-state index in [-0.39, 0.29) is 11.8 Å². The third-order valence-corrected chi connectivity index (χ3v) is 6.51. The SMILES string of the molecule is CCCCC(=O)N(CC(C)=Cc1ccccc1)CC1CCN(C(=O)c2ccccc2C)CC1. The van der Waals surface area contributed by atoms with Gasteiger partial charge in [-0.25, -0.2) is 0 Å². The largest absolute Gasteiger partial charge is 0.339 e. The lowest BCUT2D eigenvalue weighted by Gasteiger charge is -2.35. The van der Waals surface area contributed by atoms with Crippen molar-refractivity contribution in [3.8, 4) is 0 Å². The van der Waals surface area contributed by atoms with E-state index < -0.39 is 0 Å². The molecule has 0 spiro atoms. The summed E-state index contributed by atoms with van der Waals surface area (Å²) in [6, 6.07) is 18.1. The molecule has 0 unspecified atom stereocenters. The van der Waals surface area contributed by atoms with Crippen LogP contribution >= 0.6 is 0 Å². The molecule has 4 heteroatoms. The average Bonchev–Trinajstić information content (AvgIpc) is 2.83. The second-order valence-corrected chi connectivity index (χ2v) is 9.33. The minimum Gasteiger partial charge on any atom is -0.339 e. The normalized spacial score (nSPS) is 14.9. The molecule has 0 N–H and O–H groups in total. The molecule has 4 nitrogen and oxygen atoms in total. The summed E-state index contributed by atoms with van der Waals surface area (Å²) in [4.78, 5) is 30.0. The molecular weight excluding hydrogens is 408 g/mol. The summed E-state index contributed by atoms with van der Waals surface area (Å²) in [7, 11) is 0. The molecule has 3 rings (SSSR count). The Morgan fingerprint density at radius 1 is 1.03 bits per heavy atom. The van der Waals surface area contributed by atoms with Gasteiger partial charge in [-0.05, 0) is 56.2 Å². The quantitative estimate of drug-likeness (QED) is 0.476. The number of unbranched alkanes of at least 4 members (excludes halogenated alkanes) is 1. The van der Waals surface area contributed by atoms with Crippen LogP contribution in [-0.2, 0) is 4.79 Å². The van der Waals surface area contributed by atoms with E-state index in [1.54, 1.807) is 0 Å². The number of likely N-dealkylation sites (tertiary alicyclic amines) is 1. The number of hydrogen-bond acceptors (Lipinski definition) is 2. The lowest BCUT2D eigenvalue weighted by Crippen LogP contribution is -2.43. The second-order valence-electron chi connectivity index (χ2n) is 9.33. The third kappa shape index (κ3) is 7.31. The van der Waals surface area contributed by atoms with Gasteiger partial charge in [0.05, 0.1) is 0 Å². The van der Waals surface area contributed by atoms with E-state index in [0.29, 0.717) is 18.9 Å². The molecule has 1 aliphatic heterocycles. The number of piperidine rings is 1. The van der Waals surface area contributed by atoms with Crippen LogP contribution in [0.4, 0.5) is 0 Å². The van der Waals surface area contributed by atoms with Gasteiger partial charge in [-0.1, -0.05) is 73.5 Å². The molecule has 1 fully saturated rings. The number of hydrogen-bond donors (Lipinski definition) is 0. The molecule has 33 heavy (non-hydrogen) atoms. The van der Waals surface area contributed by atoms with Gasteiger partial charge in [0.25, 0.3) is 5.91 Å². The minimum atomic E-state index is 0.129. The molecule has 0 radical (unpaired) electrons. The van der Waals surface area contributed by atoms with Crippen LogP contribution in [-0.4, -0.2) is 47.8 Å². The number of nitrogens with zero attached hydrogens (tertiary/aromatic N) is 2. The van der Waals surface area contributed by atoms with Crippen LogP contribution in [0.15, 0.2) is 60.2 Å². The Morgan fingerprint density at radius 2 is 1.70 bits per heavy atom. The summed E-state index contributed by atoms with van der Waals surface area (Å²) in [5.74, 6) is 0.807. The van der Waals surface area contributed by atoms with Crippen molar-refractivity contribution in [2.45, 2.75) is 52.9 Å². The Bertz CT molecular complexity index is 943. The van der Waals surface area contributed by atoms with Crippen molar-refractivity contribution in [2.24, 2.45) is 5.92 Å². The zero-order valence-corrected chi connectivity index (χ0v) is 20.4. The first-order valence-corrected chi connectivity index (χ1v) is 12.3. The molecule has 0 atom stereocenters. The first kappa shape index (κ1) is 24.8. The van der Waals surface area contributed by atoms with Crippen molar-refractivity contribution in [3.05, 3.63) is 76.9 Å². The smallest absolute Gasteiger partial charge is 0.254 e. The van der Waals surface area contributed by atoms with Gasteiger partial charge in [-0.15, -0.1) is 0 Å². The number of carbonyl (C=O) groups excluding carboxylic acids is 2. The maximum atomic E-state index is 13.0. The van der Waals surface area contributed by atoms with Crippen LogP contribution < -0.4 is 0 Å². The monoisotopic (exact) mass is 446 g/mol. The Kier molecular flexibility index (Phi) is 9.29. The van der Waals surface area contributed by atoms with Gasteiger partial charge in [0.2, 0.25) is 5.91 Å². The maximum absolute atomic E-state index is 13.0. The van der Waals surface area contributed by atoms with Crippen LogP contribution in [0.2, 0.25) is 0 Å². The van der Waals surface area contributed by atoms with Crippen LogP contribution in [0, 0.1) is 12.8 Å². The van der Waals surface area contributed by atoms with Crippen LogP contribution in [0.25, 0.3) is 6.08 Å². The summed E-state index contributed by atoms with van der Waals surface area (Å²) >= 11 is 0. The maximum Gasteiger partial charge on any atom is 0.254 e. The molecule has 1 aliphatic rings. The summed E-state index contributed by atoms with van der Waals surface area (Å²) in [6.07, 6.45) is 6.62. The standard InChI is InChI=1S/C29H38N2O2/c1-4-5-15-28(32)31(21-23(2)20-25-12-7-6-8-13-25)22-26-16-18-30(19-17-26)29(33)27-14-10-9-11-24(27)3/h6-14,20,26H,4-5,15-19,21-22H2,1-3H3. The zero-order chi connectivity index (χ0) is 23.6. The number of aryl methyl sites for hydroxylation is 1. The highest BCUT2D eigenvalue weighted by atomic mass is 16.2. The highest BCUT2D eigenvalue weighted by molar-refractivity contribution is 5.95. The molecular formula is C29H38N2O2. The fraction of sp³-hybridized carbons (Fsp3) is 0.448. The molecule has 0 aliphatic carbocycles. The molecule has 0 saturated carbocycles. The van der Waals surface area contributed by atoms with Gasteiger partial charge in [0.1, 0.15) is 0 Å². The van der Waals surface area contributed by atoms with Gasteiger partial charge >= 0.3 is 0 Å². The van der Waals surface area contributed by atoms with Crippen molar-refractivity contribution in [1.29, 1.82) is 0 Å². The lowest BCUT2D eigenvalue weighted by atomic mass is 9.94. The number of rotatable bonds is 9. The van der Waals surface area contributed by atoms with E-state index in [9.17, 15) is 9.59 Å². The fourth-order valence-electron chi connectivity index (χ4n) is 4.53. The van der Waals surface area contributed by atoms with Gasteiger partial charge in [0, 0.05) is 38.2 Å². The van der Waals surface area contributed by atoms with Crippen molar-refractivity contribution in [2.75, 3.05) is 26.2 Å². The molecule has 1 saturated heterocycles. The average molecular weight is 447 g/mol. The van der Waals surface area contributed by atoms with E-state index in [4.69, 9.17) is 0 Å². The fourth-order valence-corrected chi connectivity index (χ4v) is 4.53. The van der Waals surface area contributed by atoms with E-state index in [0.717, 1.165) is 56.4 Å². The molecule has 2 aromatic rings. The van der Waals surface area contributed by atoms with Gasteiger partial charge < -0.3 is 9.80 Å². The van der Waals surface area contributed by atoms with Crippen LogP contribution in [0.5, 0.6) is 0 Å². The van der Waals surface area contributed by atoms with E-state index in [1.807, 2.05) is 59.2 Å². The van der Waals surface area contributed by atoms with Crippen LogP contribution in [0.1, 0.15) is 67.4 Å². The topological polar surface area (TPSA) is 40.6 Å². The third-order valence-electron chi connectivity index (χ3n) is 6.51. The predicted octanol–water partition coefficient (Wildman–Crippen LogP) is 5.97. The Labute approximate surface area is 199 Å². The zero-order valence-electron chi connectivity index (χ0n) is 20.4. The summed E-state index contributed by atoms with van der Waals surface area (Å²) < 4.78 is 0. The van der Waals surface area contributed by atoms with Crippen molar-refractivity contribution in [1.82, 2.24) is 9.80 Å². The lowest BCUT2D eigenvalue weighted by molar-refractivity contribution is -0.131. The predicted molar refractivity (Wildman–Crippen MR) is 136 cm³/mol. The van der Waals surface area contributed by atoms with Crippen molar-refractivity contribution in [3.63, 3.8) is 0 Å². The number of benzene rings is 2. The van der Waals surface area contributed by atoms with E-state index in [2.05, 4.69) is 32.1 Å². The molecule has 2 amide bonds. The van der Waals surface area contributed by atoms with E-state index in [1.165, 1.54) is 11.1 Å². The molecule has 1 heterocycles. The Hall–Kier alpha value is -2.88. The first-order valence-electron chi connectivity index (χ1n) is 12.3. The van der Waals surface area contributed by atoms with E-state index >= 15 is 0 Å². The van der Waals surface area contributed by atoms with Crippen LogP contribution in [0.3, 0.4) is 0 Å². The molecule has 0 aromatic heterocycles. The molecule has 176 valence electrons.